The van der Waals surface area contributed by atoms with E-state index in [2.05, 4.69) is 44.8 Å². The number of rotatable bonds is 2. The molecule has 124 valence electrons. The summed E-state index contributed by atoms with van der Waals surface area (Å²) in [5.41, 5.74) is 5.11. The molecule has 3 aromatic carbocycles. The average molecular weight is 401 g/mol. The minimum atomic E-state index is 0.641. The van der Waals surface area contributed by atoms with Gasteiger partial charge in [0.25, 0.3) is 0 Å². The van der Waals surface area contributed by atoms with Crippen LogP contribution in [0.5, 0.6) is 0 Å². The third kappa shape index (κ3) is 2.48. The zero-order valence-electron chi connectivity index (χ0n) is 13.7. The lowest BCUT2D eigenvalue weighted by molar-refractivity contribution is 1.08. The molecule has 0 saturated carbocycles. The summed E-state index contributed by atoms with van der Waals surface area (Å²) in [4.78, 5) is 14.4. The third-order valence-electron chi connectivity index (χ3n) is 4.27. The van der Waals surface area contributed by atoms with Crippen LogP contribution in [0, 0.1) is 0 Å². The molecule has 5 heteroatoms. The van der Waals surface area contributed by atoms with E-state index < -0.39 is 0 Å². The molecule has 26 heavy (non-hydrogen) atoms. The molecule has 0 atom stereocenters. The lowest BCUT2D eigenvalue weighted by Crippen LogP contribution is -1.99. The number of para-hydroxylation sites is 2. The molecule has 0 bridgehead atoms. The maximum Gasteiger partial charge on any atom is 0.199 e. The van der Waals surface area contributed by atoms with Gasteiger partial charge >= 0.3 is 0 Å². The van der Waals surface area contributed by atoms with Crippen molar-refractivity contribution in [1.29, 1.82) is 0 Å². The Labute approximate surface area is 158 Å². The highest BCUT2D eigenvalue weighted by Gasteiger charge is 2.17. The van der Waals surface area contributed by atoms with Gasteiger partial charge in [0, 0.05) is 10.0 Å². The third-order valence-corrected chi connectivity index (χ3v) is 4.76. The van der Waals surface area contributed by atoms with Gasteiger partial charge in [0.05, 0.1) is 16.7 Å². The minimum Gasteiger partial charge on any atom is -0.275 e. The summed E-state index contributed by atoms with van der Waals surface area (Å²) in [5, 5.41) is 0. The smallest absolute Gasteiger partial charge is 0.199 e. The molecule has 2 heterocycles. The van der Waals surface area contributed by atoms with E-state index in [-0.39, 0.29) is 0 Å². The van der Waals surface area contributed by atoms with Crippen molar-refractivity contribution in [2.45, 2.75) is 0 Å². The van der Waals surface area contributed by atoms with Crippen LogP contribution >= 0.6 is 15.9 Å². The van der Waals surface area contributed by atoms with E-state index in [1.54, 1.807) is 0 Å². The standard InChI is InChI=1S/C21H13BrN4/c22-15-9-6-10-16(13-15)26-20(14-7-2-1-3-8-14)25-19-21(26)24-18-12-5-4-11-17(18)23-19/h1-13H. The number of nitrogens with zero attached hydrogens (tertiary/aromatic N) is 4. The van der Waals surface area contributed by atoms with Crippen molar-refractivity contribution in [3.63, 3.8) is 0 Å². The average Bonchev–Trinajstić information content (AvgIpc) is 3.05. The summed E-state index contributed by atoms with van der Waals surface area (Å²) in [6.07, 6.45) is 0. The Morgan fingerprint density at radius 3 is 2.19 bits per heavy atom. The SMILES string of the molecule is Brc1cccc(-n2c(-c3ccccc3)nc3nc4ccccc4nc32)c1. The van der Waals surface area contributed by atoms with Crippen molar-refractivity contribution in [3.8, 4) is 17.1 Å². The van der Waals surface area contributed by atoms with E-state index in [1.165, 1.54) is 0 Å². The van der Waals surface area contributed by atoms with Crippen LogP contribution in [0.15, 0.2) is 83.3 Å². The van der Waals surface area contributed by atoms with E-state index >= 15 is 0 Å². The quantitative estimate of drug-likeness (QED) is 0.398. The molecule has 0 amide bonds. The summed E-state index contributed by atoms with van der Waals surface area (Å²) < 4.78 is 3.07. The fourth-order valence-corrected chi connectivity index (χ4v) is 3.48. The first-order valence-corrected chi connectivity index (χ1v) is 9.05. The van der Waals surface area contributed by atoms with Crippen molar-refractivity contribution in [2.24, 2.45) is 0 Å². The summed E-state index contributed by atoms with van der Waals surface area (Å²) >= 11 is 3.56. The first kappa shape index (κ1) is 15.2. The molecular weight excluding hydrogens is 388 g/mol. The maximum absolute atomic E-state index is 4.85. The van der Waals surface area contributed by atoms with Gasteiger partial charge in [0.2, 0.25) is 0 Å². The van der Waals surface area contributed by atoms with E-state index in [0.717, 1.165) is 38.2 Å². The molecular formula is C21H13BrN4. The van der Waals surface area contributed by atoms with Crippen LogP contribution < -0.4 is 0 Å². The lowest BCUT2D eigenvalue weighted by atomic mass is 10.2. The van der Waals surface area contributed by atoms with Crippen molar-refractivity contribution in [1.82, 2.24) is 19.5 Å². The molecule has 0 N–H and O–H groups in total. The topological polar surface area (TPSA) is 43.6 Å². The van der Waals surface area contributed by atoms with Crippen LogP contribution in [0.1, 0.15) is 0 Å². The maximum atomic E-state index is 4.85. The van der Waals surface area contributed by atoms with Crippen LogP contribution in [-0.2, 0) is 0 Å². The summed E-state index contributed by atoms with van der Waals surface area (Å²) in [5.74, 6) is 0.828. The monoisotopic (exact) mass is 400 g/mol. The van der Waals surface area contributed by atoms with Crippen molar-refractivity contribution < 1.29 is 0 Å². The van der Waals surface area contributed by atoms with Crippen LogP contribution in [0.25, 0.3) is 39.4 Å². The molecule has 0 saturated heterocycles. The first-order valence-electron chi connectivity index (χ1n) is 8.26. The van der Waals surface area contributed by atoms with Gasteiger partial charge in [-0.2, -0.15) is 0 Å². The van der Waals surface area contributed by atoms with Gasteiger partial charge in [-0.3, -0.25) is 4.57 Å². The highest BCUT2D eigenvalue weighted by Crippen LogP contribution is 2.29. The van der Waals surface area contributed by atoms with Gasteiger partial charge < -0.3 is 0 Å². The Kier molecular flexibility index (Phi) is 3.53. The predicted octanol–water partition coefficient (Wildman–Crippen LogP) is 5.40. The molecule has 0 aliphatic heterocycles. The molecule has 0 aliphatic rings. The number of imidazole rings is 1. The van der Waals surface area contributed by atoms with E-state index in [4.69, 9.17) is 15.0 Å². The molecule has 0 spiro atoms. The van der Waals surface area contributed by atoms with Crippen LogP contribution in [0.3, 0.4) is 0 Å². The molecule has 0 aliphatic carbocycles. The Morgan fingerprint density at radius 1 is 0.692 bits per heavy atom. The summed E-state index contributed by atoms with van der Waals surface area (Å²) in [7, 11) is 0. The van der Waals surface area contributed by atoms with Gasteiger partial charge in [0.15, 0.2) is 11.3 Å². The molecule has 0 radical (unpaired) electrons. The number of fused-ring (bicyclic) bond motifs is 2. The zero-order valence-corrected chi connectivity index (χ0v) is 15.3. The van der Waals surface area contributed by atoms with Crippen LogP contribution in [0.2, 0.25) is 0 Å². The van der Waals surface area contributed by atoms with Gasteiger partial charge in [-0.15, -0.1) is 0 Å². The van der Waals surface area contributed by atoms with E-state index in [1.807, 2.05) is 54.6 Å². The second-order valence-electron chi connectivity index (χ2n) is 5.98. The molecule has 4 nitrogen and oxygen atoms in total. The molecule has 0 unspecified atom stereocenters. The summed E-state index contributed by atoms with van der Waals surface area (Å²) in [6, 6.07) is 26.1. The zero-order chi connectivity index (χ0) is 17.5. The molecule has 0 fully saturated rings. The van der Waals surface area contributed by atoms with Gasteiger partial charge in [-0.1, -0.05) is 64.5 Å². The molecule has 2 aromatic heterocycles. The Balaban J connectivity index is 1.90. The first-order chi connectivity index (χ1) is 12.8. The number of aromatic nitrogens is 4. The van der Waals surface area contributed by atoms with Gasteiger partial charge in [-0.25, -0.2) is 15.0 Å². The largest absolute Gasteiger partial charge is 0.275 e. The van der Waals surface area contributed by atoms with Crippen LogP contribution in [-0.4, -0.2) is 19.5 Å². The van der Waals surface area contributed by atoms with Crippen molar-refractivity contribution >= 4 is 38.3 Å². The highest BCUT2D eigenvalue weighted by molar-refractivity contribution is 9.10. The van der Waals surface area contributed by atoms with Crippen molar-refractivity contribution in [3.05, 3.63) is 83.3 Å². The Bertz CT molecular complexity index is 1250. The van der Waals surface area contributed by atoms with Gasteiger partial charge in [-0.05, 0) is 30.3 Å². The lowest BCUT2D eigenvalue weighted by Gasteiger charge is -2.09. The fraction of sp³-hybridized carbons (Fsp3) is 0. The van der Waals surface area contributed by atoms with E-state index in [0.29, 0.717) is 5.65 Å². The highest BCUT2D eigenvalue weighted by atomic mass is 79.9. The molecule has 5 rings (SSSR count). The normalized spacial score (nSPS) is 11.3. The van der Waals surface area contributed by atoms with Gasteiger partial charge in [0.1, 0.15) is 5.82 Å². The van der Waals surface area contributed by atoms with Crippen LogP contribution in [0.4, 0.5) is 0 Å². The number of hydrogen-bond acceptors (Lipinski definition) is 3. The second kappa shape index (κ2) is 6.04. The van der Waals surface area contributed by atoms with Crippen molar-refractivity contribution in [2.75, 3.05) is 0 Å². The molecule has 5 aromatic rings. The number of halogens is 1. The number of benzene rings is 3. The fourth-order valence-electron chi connectivity index (χ4n) is 3.10. The number of hydrogen-bond donors (Lipinski definition) is 0. The Hall–Kier alpha value is -3.05. The summed E-state index contributed by atoms with van der Waals surface area (Å²) in [6.45, 7) is 0. The second-order valence-corrected chi connectivity index (χ2v) is 6.89. The van der Waals surface area contributed by atoms with E-state index in [9.17, 15) is 0 Å². The minimum absolute atomic E-state index is 0.641. The predicted molar refractivity (Wildman–Crippen MR) is 107 cm³/mol. The Morgan fingerprint density at radius 2 is 1.42 bits per heavy atom.